The highest BCUT2D eigenvalue weighted by Crippen LogP contribution is 2.31. The molecule has 12 heteroatoms. The lowest BCUT2D eigenvalue weighted by molar-refractivity contribution is -0.0442. The van der Waals surface area contributed by atoms with Gasteiger partial charge in [-0.2, -0.15) is 26.3 Å². The maximum absolute atomic E-state index is 12.6. The van der Waals surface area contributed by atoms with Crippen molar-refractivity contribution < 1.29 is 43.2 Å². The second kappa shape index (κ2) is 7.39. The zero-order chi connectivity index (χ0) is 21.4. The molecule has 0 amide bonds. The summed E-state index contributed by atoms with van der Waals surface area (Å²) in [6, 6.07) is 8.08. The monoisotopic (exact) mass is 446 g/mol. The minimum atomic E-state index is -5.49. The van der Waals surface area contributed by atoms with Crippen molar-refractivity contribution in [3.05, 3.63) is 59.7 Å². The largest absolute Gasteiger partial charge is 0.501 e. The van der Waals surface area contributed by atoms with Gasteiger partial charge in [-0.25, -0.2) is 16.8 Å². The van der Waals surface area contributed by atoms with Crippen LogP contribution in [-0.2, 0) is 32.5 Å². The molecule has 0 bridgehead atoms. The molecular weight excluding hydrogens is 434 g/mol. The van der Waals surface area contributed by atoms with Gasteiger partial charge in [0.2, 0.25) is 0 Å². The van der Waals surface area contributed by atoms with E-state index in [-0.39, 0.29) is 18.4 Å². The topological polar surface area (TPSA) is 68.3 Å². The van der Waals surface area contributed by atoms with Crippen LogP contribution < -0.4 is 0 Å². The summed E-state index contributed by atoms with van der Waals surface area (Å²) in [6.45, 7) is 0. The molecule has 0 radical (unpaired) electrons. The molecule has 0 aliphatic rings. The zero-order valence-corrected chi connectivity index (χ0v) is 15.4. The van der Waals surface area contributed by atoms with Crippen molar-refractivity contribution in [2.75, 3.05) is 0 Å². The number of benzene rings is 2. The number of hydrogen-bond acceptors (Lipinski definition) is 4. The number of halogens is 6. The predicted octanol–water partition coefficient (Wildman–Crippen LogP) is 4.06. The number of aryl methyl sites for hydroxylation is 2. The Balaban J connectivity index is 2.17. The van der Waals surface area contributed by atoms with Gasteiger partial charge in [-0.15, -0.1) is 0 Å². The molecule has 154 valence electrons. The molecule has 0 aliphatic carbocycles. The maximum Gasteiger partial charge on any atom is 0.501 e. The highest BCUT2D eigenvalue weighted by atomic mass is 32.2. The standard InChI is InChI=1S/C16H12F6O4S2/c17-15(18,19)27(23,24)13-8-6-11(7-9-13)4-5-12-2-1-3-14(10-12)28(25,26)16(20,21)22/h1-3,6-10H,4-5H2. The van der Waals surface area contributed by atoms with E-state index >= 15 is 0 Å². The second-order valence-corrected chi connectivity index (χ2v) is 9.57. The Bertz CT molecular complexity index is 1050. The van der Waals surface area contributed by atoms with E-state index in [0.29, 0.717) is 5.56 Å². The third-order valence-corrected chi connectivity index (χ3v) is 6.74. The lowest BCUT2D eigenvalue weighted by Gasteiger charge is -2.10. The Morgan fingerprint density at radius 3 is 1.57 bits per heavy atom. The van der Waals surface area contributed by atoms with Gasteiger partial charge in [0.1, 0.15) is 0 Å². The Kier molecular flexibility index (Phi) is 5.86. The van der Waals surface area contributed by atoms with E-state index < -0.39 is 40.5 Å². The third-order valence-electron chi connectivity index (χ3n) is 3.75. The molecule has 0 aromatic heterocycles. The lowest BCUT2D eigenvalue weighted by atomic mass is 10.0. The minimum absolute atomic E-state index is 0.0899. The molecule has 0 N–H and O–H groups in total. The number of rotatable bonds is 5. The van der Waals surface area contributed by atoms with Gasteiger partial charge in [0, 0.05) is 0 Å². The summed E-state index contributed by atoms with van der Waals surface area (Å²) in [5.41, 5.74) is -10.2. The van der Waals surface area contributed by atoms with E-state index in [2.05, 4.69) is 0 Å². The van der Waals surface area contributed by atoms with E-state index in [1.54, 1.807) is 0 Å². The number of alkyl halides is 6. The summed E-state index contributed by atoms with van der Waals surface area (Å²) < 4.78 is 121. The Morgan fingerprint density at radius 2 is 1.07 bits per heavy atom. The highest BCUT2D eigenvalue weighted by Gasteiger charge is 2.47. The fourth-order valence-corrected chi connectivity index (χ4v) is 3.85. The third kappa shape index (κ3) is 4.49. The molecule has 0 saturated carbocycles. The van der Waals surface area contributed by atoms with Gasteiger partial charge >= 0.3 is 11.0 Å². The smallest absolute Gasteiger partial charge is 0.214 e. The van der Waals surface area contributed by atoms with Gasteiger partial charge in [-0.3, -0.25) is 0 Å². The van der Waals surface area contributed by atoms with Crippen molar-refractivity contribution in [2.45, 2.75) is 33.6 Å². The molecule has 2 aromatic carbocycles. The van der Waals surface area contributed by atoms with Crippen LogP contribution in [0.3, 0.4) is 0 Å². The maximum atomic E-state index is 12.6. The summed E-state index contributed by atoms with van der Waals surface area (Å²) >= 11 is 0. The van der Waals surface area contributed by atoms with Gasteiger partial charge in [0.15, 0.2) is 0 Å². The van der Waals surface area contributed by atoms with Gasteiger partial charge in [0.05, 0.1) is 9.79 Å². The summed E-state index contributed by atoms with van der Waals surface area (Å²) in [4.78, 5) is -1.84. The van der Waals surface area contributed by atoms with E-state index in [9.17, 15) is 43.2 Å². The van der Waals surface area contributed by atoms with Crippen molar-refractivity contribution in [3.8, 4) is 0 Å². The molecule has 0 aliphatic heterocycles. The Morgan fingerprint density at radius 1 is 0.607 bits per heavy atom. The van der Waals surface area contributed by atoms with Crippen LogP contribution in [0.25, 0.3) is 0 Å². The summed E-state index contributed by atoms with van der Waals surface area (Å²) in [7, 11) is -11.0. The highest BCUT2D eigenvalue weighted by molar-refractivity contribution is 7.92. The van der Waals surface area contributed by atoms with Crippen LogP contribution in [0.5, 0.6) is 0 Å². The Hall–Kier alpha value is -2.08. The lowest BCUT2D eigenvalue weighted by Crippen LogP contribution is -2.23. The predicted molar refractivity (Wildman–Crippen MR) is 86.8 cm³/mol. The van der Waals surface area contributed by atoms with Crippen molar-refractivity contribution in [2.24, 2.45) is 0 Å². The number of sulfone groups is 2. The van der Waals surface area contributed by atoms with Crippen LogP contribution in [0.1, 0.15) is 11.1 Å². The van der Waals surface area contributed by atoms with Crippen molar-refractivity contribution in [1.82, 2.24) is 0 Å². The first-order valence-electron chi connectivity index (χ1n) is 7.47. The molecule has 4 nitrogen and oxygen atoms in total. The summed E-state index contributed by atoms with van der Waals surface area (Å²) in [6.07, 6.45) is 0.231. The second-order valence-electron chi connectivity index (χ2n) is 5.69. The van der Waals surface area contributed by atoms with Crippen molar-refractivity contribution in [3.63, 3.8) is 0 Å². The Labute approximate surface area is 156 Å². The van der Waals surface area contributed by atoms with Crippen LogP contribution in [0, 0.1) is 0 Å². The van der Waals surface area contributed by atoms with Crippen LogP contribution in [0.15, 0.2) is 58.3 Å². The first-order chi connectivity index (χ1) is 12.7. The SMILES string of the molecule is O=S(=O)(c1ccc(CCc2cccc(S(=O)(=O)C(F)(F)F)c2)cc1)C(F)(F)F. The van der Waals surface area contributed by atoms with Gasteiger partial charge in [-0.05, 0) is 48.2 Å². The van der Waals surface area contributed by atoms with Gasteiger partial charge in [-0.1, -0.05) is 24.3 Å². The molecule has 2 aromatic rings. The van der Waals surface area contributed by atoms with Crippen LogP contribution >= 0.6 is 0 Å². The minimum Gasteiger partial charge on any atom is -0.214 e. The van der Waals surface area contributed by atoms with Crippen LogP contribution in [0.2, 0.25) is 0 Å². The molecule has 0 atom stereocenters. The molecule has 0 heterocycles. The average molecular weight is 446 g/mol. The van der Waals surface area contributed by atoms with Gasteiger partial charge in [0.25, 0.3) is 19.7 Å². The van der Waals surface area contributed by atoms with E-state index in [1.807, 2.05) is 0 Å². The first-order valence-corrected chi connectivity index (χ1v) is 10.4. The van der Waals surface area contributed by atoms with Crippen LogP contribution in [0.4, 0.5) is 26.3 Å². The van der Waals surface area contributed by atoms with Crippen LogP contribution in [-0.4, -0.2) is 27.9 Å². The van der Waals surface area contributed by atoms with Gasteiger partial charge < -0.3 is 0 Å². The normalized spacial score (nSPS) is 13.5. The molecule has 2 rings (SSSR count). The molecule has 0 fully saturated rings. The molecule has 28 heavy (non-hydrogen) atoms. The van der Waals surface area contributed by atoms with Crippen molar-refractivity contribution >= 4 is 19.7 Å². The summed E-state index contributed by atoms with van der Waals surface area (Å²) in [5, 5.41) is 0. The van der Waals surface area contributed by atoms with E-state index in [4.69, 9.17) is 0 Å². The first kappa shape index (κ1) is 22.2. The average Bonchev–Trinajstić information content (AvgIpc) is 2.58. The molecular formula is C16H12F6O4S2. The van der Waals surface area contributed by atoms with Crippen molar-refractivity contribution in [1.29, 1.82) is 0 Å². The quantitative estimate of drug-likeness (QED) is 0.650. The fourth-order valence-electron chi connectivity index (χ4n) is 2.26. The number of hydrogen-bond donors (Lipinski definition) is 0. The molecule has 0 spiro atoms. The van der Waals surface area contributed by atoms with E-state index in [0.717, 1.165) is 42.5 Å². The molecule has 0 saturated heterocycles. The van der Waals surface area contributed by atoms with E-state index in [1.165, 1.54) is 6.07 Å². The molecule has 0 unspecified atom stereocenters. The summed E-state index contributed by atoms with van der Waals surface area (Å²) in [5.74, 6) is 0. The zero-order valence-electron chi connectivity index (χ0n) is 13.8. The fraction of sp³-hybridized carbons (Fsp3) is 0.250.